The summed E-state index contributed by atoms with van der Waals surface area (Å²) in [7, 11) is 0. The highest BCUT2D eigenvalue weighted by Gasteiger charge is 2.10. The van der Waals surface area contributed by atoms with Crippen molar-refractivity contribution >= 4 is 51.6 Å². The summed E-state index contributed by atoms with van der Waals surface area (Å²) < 4.78 is 11.1. The van der Waals surface area contributed by atoms with E-state index in [0.29, 0.717) is 40.8 Å². The number of anilines is 1. The van der Waals surface area contributed by atoms with Gasteiger partial charge in [-0.3, -0.25) is 10.1 Å². The highest BCUT2D eigenvalue weighted by atomic mass is 35.5. The molecule has 0 spiro atoms. The normalized spacial score (nSPS) is 10.7. The summed E-state index contributed by atoms with van der Waals surface area (Å²) in [6, 6.07) is 19.9. The van der Waals surface area contributed by atoms with Crippen LogP contribution in [-0.4, -0.2) is 22.6 Å². The van der Waals surface area contributed by atoms with Crippen molar-refractivity contribution in [1.29, 1.82) is 0 Å². The van der Waals surface area contributed by atoms with Crippen LogP contribution in [0.4, 0.5) is 5.69 Å². The van der Waals surface area contributed by atoms with Crippen molar-refractivity contribution in [2.24, 2.45) is 0 Å². The molecular weight excluding hydrogens is 446 g/mol. The molecule has 4 rings (SSSR count). The van der Waals surface area contributed by atoms with Crippen molar-refractivity contribution in [1.82, 2.24) is 10.3 Å². The summed E-state index contributed by atoms with van der Waals surface area (Å²) >= 11 is 11.3. The summed E-state index contributed by atoms with van der Waals surface area (Å²) in [5, 5.41) is 6.53. The molecule has 8 heteroatoms. The van der Waals surface area contributed by atoms with Crippen LogP contribution in [0.1, 0.15) is 28.7 Å². The van der Waals surface area contributed by atoms with E-state index in [4.69, 9.17) is 33.0 Å². The second-order valence-corrected chi connectivity index (χ2v) is 7.80. The van der Waals surface area contributed by atoms with Gasteiger partial charge in [0.1, 0.15) is 11.3 Å². The maximum Gasteiger partial charge on any atom is 0.257 e. The number of amides is 1. The van der Waals surface area contributed by atoms with E-state index in [0.717, 1.165) is 16.8 Å². The number of rotatable bonds is 6. The number of nitrogens with zero attached hydrogens (tertiary/aromatic N) is 1. The van der Waals surface area contributed by atoms with Gasteiger partial charge in [-0.15, -0.1) is 0 Å². The van der Waals surface area contributed by atoms with Gasteiger partial charge >= 0.3 is 0 Å². The quantitative estimate of drug-likeness (QED) is 0.361. The molecule has 0 saturated carbocycles. The van der Waals surface area contributed by atoms with Crippen molar-refractivity contribution in [3.05, 3.63) is 88.8 Å². The molecule has 32 heavy (non-hydrogen) atoms. The number of nitrogens with one attached hydrogen (secondary N) is 2. The summed E-state index contributed by atoms with van der Waals surface area (Å²) in [5.74, 6) is 1.03. The average Bonchev–Trinajstić information content (AvgIpc) is 3.17. The number of benzene rings is 3. The van der Waals surface area contributed by atoms with Gasteiger partial charge in [0.25, 0.3) is 5.91 Å². The predicted molar refractivity (Wildman–Crippen MR) is 130 cm³/mol. The van der Waals surface area contributed by atoms with Gasteiger partial charge in [-0.1, -0.05) is 23.7 Å². The number of fused-ring (bicyclic) bond motifs is 1. The van der Waals surface area contributed by atoms with Crippen molar-refractivity contribution < 1.29 is 13.9 Å². The molecule has 1 heterocycles. The fourth-order valence-electron chi connectivity index (χ4n) is 3.11. The summed E-state index contributed by atoms with van der Waals surface area (Å²) in [6.45, 7) is 2.48. The van der Waals surface area contributed by atoms with Crippen LogP contribution < -0.4 is 15.4 Å². The fraction of sp³-hybridized carbons (Fsp3) is 0.125. The van der Waals surface area contributed by atoms with Gasteiger partial charge in [0.15, 0.2) is 16.6 Å². The molecule has 162 valence electrons. The zero-order chi connectivity index (χ0) is 22.5. The fourth-order valence-corrected chi connectivity index (χ4v) is 3.49. The summed E-state index contributed by atoms with van der Waals surface area (Å²) in [4.78, 5) is 16.8. The third-order valence-electron chi connectivity index (χ3n) is 4.62. The van der Waals surface area contributed by atoms with Crippen molar-refractivity contribution in [2.75, 3.05) is 11.9 Å². The Morgan fingerprint density at radius 2 is 1.84 bits per heavy atom. The van der Waals surface area contributed by atoms with E-state index in [9.17, 15) is 4.79 Å². The van der Waals surface area contributed by atoms with Crippen LogP contribution in [0.3, 0.4) is 0 Å². The van der Waals surface area contributed by atoms with Gasteiger partial charge in [0.05, 0.1) is 6.61 Å². The van der Waals surface area contributed by atoms with Gasteiger partial charge < -0.3 is 14.5 Å². The lowest BCUT2D eigenvalue weighted by Gasteiger charge is -2.10. The minimum atomic E-state index is -0.293. The Kier molecular flexibility index (Phi) is 6.68. The van der Waals surface area contributed by atoms with Crippen LogP contribution in [0.15, 0.2) is 71.1 Å². The summed E-state index contributed by atoms with van der Waals surface area (Å²) in [6.07, 6.45) is 0.547. The second kappa shape index (κ2) is 9.80. The molecule has 0 aliphatic carbocycles. The number of hydrogen-bond acceptors (Lipinski definition) is 5. The smallest absolute Gasteiger partial charge is 0.257 e. The molecule has 3 aromatic carbocycles. The first-order valence-electron chi connectivity index (χ1n) is 9.99. The Bertz CT molecular complexity index is 1250. The lowest BCUT2D eigenvalue weighted by atomic mass is 10.1. The molecule has 6 nitrogen and oxygen atoms in total. The van der Waals surface area contributed by atoms with Gasteiger partial charge in [-0.2, -0.15) is 0 Å². The lowest BCUT2D eigenvalue weighted by molar-refractivity contribution is 0.0977. The molecule has 0 aliphatic heterocycles. The van der Waals surface area contributed by atoms with E-state index >= 15 is 0 Å². The molecular formula is C24H20ClN3O3S. The van der Waals surface area contributed by atoms with Crippen LogP contribution in [0, 0.1) is 0 Å². The maximum absolute atomic E-state index is 12.4. The van der Waals surface area contributed by atoms with Crippen LogP contribution in [0.25, 0.3) is 11.1 Å². The third kappa shape index (κ3) is 5.43. The number of ether oxygens (including phenoxy) is 1. The van der Waals surface area contributed by atoms with Crippen molar-refractivity contribution in [2.45, 2.75) is 13.3 Å². The first kappa shape index (κ1) is 21.8. The largest absolute Gasteiger partial charge is 0.494 e. The van der Waals surface area contributed by atoms with Crippen molar-refractivity contribution in [3.8, 4) is 5.75 Å². The monoisotopic (exact) mass is 465 g/mol. The Hall–Kier alpha value is -3.42. The number of carbonyl (C=O) groups is 1. The molecule has 0 fully saturated rings. The van der Waals surface area contributed by atoms with E-state index in [-0.39, 0.29) is 11.0 Å². The van der Waals surface area contributed by atoms with Gasteiger partial charge in [-0.25, -0.2) is 4.98 Å². The van der Waals surface area contributed by atoms with E-state index < -0.39 is 0 Å². The molecule has 0 atom stereocenters. The molecule has 1 aromatic heterocycles. The molecule has 0 saturated heterocycles. The zero-order valence-electron chi connectivity index (χ0n) is 17.2. The van der Waals surface area contributed by atoms with Crippen LogP contribution >= 0.6 is 23.8 Å². The molecule has 1 amide bonds. The number of halogens is 1. The highest BCUT2D eigenvalue weighted by Crippen LogP contribution is 2.22. The standard InChI is InChI=1S/C24H20ClN3O3S/c1-2-30-19-10-5-16(6-11-19)23(29)28-24(32)26-18-8-3-15(4-9-18)13-22-27-20-14-17(25)7-12-21(20)31-22/h3-12,14H,2,13H2,1H3,(H2,26,28,29,32). The Balaban J connectivity index is 1.33. The van der Waals surface area contributed by atoms with Crippen LogP contribution in [0.5, 0.6) is 5.75 Å². The highest BCUT2D eigenvalue weighted by molar-refractivity contribution is 7.80. The van der Waals surface area contributed by atoms with Gasteiger partial charge in [-0.05, 0) is 79.3 Å². The van der Waals surface area contributed by atoms with Crippen LogP contribution in [-0.2, 0) is 6.42 Å². The molecule has 2 N–H and O–H groups in total. The van der Waals surface area contributed by atoms with Crippen molar-refractivity contribution in [3.63, 3.8) is 0 Å². The zero-order valence-corrected chi connectivity index (χ0v) is 18.8. The molecule has 0 unspecified atom stereocenters. The molecule has 0 aliphatic rings. The van der Waals surface area contributed by atoms with E-state index in [1.807, 2.05) is 37.3 Å². The number of aromatic nitrogens is 1. The second-order valence-electron chi connectivity index (χ2n) is 6.96. The first-order chi connectivity index (χ1) is 15.5. The summed E-state index contributed by atoms with van der Waals surface area (Å²) in [5.41, 5.74) is 3.72. The maximum atomic E-state index is 12.4. The Morgan fingerprint density at radius 3 is 2.56 bits per heavy atom. The van der Waals surface area contributed by atoms with Gasteiger partial charge in [0, 0.05) is 22.7 Å². The third-order valence-corrected chi connectivity index (χ3v) is 5.05. The minimum Gasteiger partial charge on any atom is -0.494 e. The topological polar surface area (TPSA) is 76.4 Å². The SMILES string of the molecule is CCOc1ccc(C(=O)NC(=S)Nc2ccc(Cc3nc4cc(Cl)ccc4o3)cc2)cc1. The Morgan fingerprint density at radius 1 is 1.09 bits per heavy atom. The number of hydrogen-bond donors (Lipinski definition) is 2. The average molecular weight is 466 g/mol. The lowest BCUT2D eigenvalue weighted by Crippen LogP contribution is -2.34. The predicted octanol–water partition coefficient (Wildman–Crippen LogP) is 5.60. The number of carbonyl (C=O) groups excluding carboxylic acids is 1. The van der Waals surface area contributed by atoms with E-state index in [2.05, 4.69) is 15.6 Å². The molecule has 4 aromatic rings. The number of oxazole rings is 1. The number of thiocarbonyl (C=S) groups is 1. The Labute approximate surface area is 195 Å². The van der Waals surface area contributed by atoms with Crippen LogP contribution in [0.2, 0.25) is 5.02 Å². The molecule has 0 bridgehead atoms. The minimum absolute atomic E-state index is 0.215. The first-order valence-corrected chi connectivity index (χ1v) is 10.8. The van der Waals surface area contributed by atoms with Gasteiger partial charge in [0.2, 0.25) is 0 Å². The van der Waals surface area contributed by atoms with E-state index in [1.165, 1.54) is 0 Å². The van der Waals surface area contributed by atoms with E-state index in [1.54, 1.807) is 36.4 Å². The molecule has 0 radical (unpaired) electrons.